The number of aliphatic hydroxyl groups is 1. The lowest BCUT2D eigenvalue weighted by molar-refractivity contribution is 0.270. The van der Waals surface area contributed by atoms with Crippen LogP contribution in [0.15, 0.2) is 30.5 Å². The highest BCUT2D eigenvalue weighted by molar-refractivity contribution is 5.87. The first-order valence-electron chi connectivity index (χ1n) is 3.99. The smallest absolute Gasteiger partial charge is 0.147 e. The third-order valence-electron chi connectivity index (χ3n) is 2.00. The summed E-state index contributed by atoms with van der Waals surface area (Å²) in [5.41, 5.74) is 0.318. The molecular formula is C10H9NO2. The number of pyridine rings is 1. The Balaban J connectivity index is 2.79. The summed E-state index contributed by atoms with van der Waals surface area (Å²) in [6, 6.07) is 7.37. The number of hydrogen-bond acceptors (Lipinski definition) is 3. The molecule has 0 saturated carbocycles. The maximum Gasteiger partial charge on any atom is 0.147 e. The van der Waals surface area contributed by atoms with Gasteiger partial charge in [-0.05, 0) is 0 Å². The number of fused-ring (bicyclic) bond motifs is 1. The van der Waals surface area contributed by atoms with Crippen LogP contribution in [-0.4, -0.2) is 15.2 Å². The van der Waals surface area contributed by atoms with Crippen molar-refractivity contribution in [2.75, 3.05) is 0 Å². The lowest BCUT2D eigenvalue weighted by atomic mass is 10.1. The fourth-order valence-electron chi connectivity index (χ4n) is 1.31. The van der Waals surface area contributed by atoms with Crippen LogP contribution in [0, 0.1) is 0 Å². The molecule has 13 heavy (non-hydrogen) atoms. The van der Waals surface area contributed by atoms with Crippen molar-refractivity contribution in [3.8, 4) is 5.75 Å². The number of rotatable bonds is 1. The van der Waals surface area contributed by atoms with Crippen molar-refractivity contribution >= 4 is 10.8 Å². The van der Waals surface area contributed by atoms with Crippen molar-refractivity contribution in [2.24, 2.45) is 0 Å². The van der Waals surface area contributed by atoms with E-state index in [1.807, 2.05) is 18.2 Å². The molecule has 0 spiro atoms. The van der Waals surface area contributed by atoms with Gasteiger partial charge in [0.1, 0.15) is 11.4 Å². The molecule has 66 valence electrons. The molecule has 0 bridgehead atoms. The van der Waals surface area contributed by atoms with Crippen LogP contribution in [0.1, 0.15) is 5.69 Å². The molecule has 0 fully saturated rings. The van der Waals surface area contributed by atoms with Gasteiger partial charge in [0.2, 0.25) is 0 Å². The van der Waals surface area contributed by atoms with Crippen molar-refractivity contribution in [1.82, 2.24) is 4.98 Å². The number of aliphatic hydroxyl groups excluding tert-OH is 1. The minimum Gasteiger partial charge on any atom is -0.505 e. The first kappa shape index (κ1) is 8.01. The van der Waals surface area contributed by atoms with Crippen molar-refractivity contribution < 1.29 is 10.2 Å². The molecule has 0 amide bonds. The molecule has 2 aromatic rings. The minimum absolute atomic E-state index is 0.0700. The zero-order valence-corrected chi connectivity index (χ0v) is 6.94. The van der Waals surface area contributed by atoms with E-state index in [-0.39, 0.29) is 12.4 Å². The van der Waals surface area contributed by atoms with Crippen molar-refractivity contribution in [1.29, 1.82) is 0 Å². The summed E-state index contributed by atoms with van der Waals surface area (Å²) in [7, 11) is 0. The van der Waals surface area contributed by atoms with Gasteiger partial charge in [-0.2, -0.15) is 0 Å². The van der Waals surface area contributed by atoms with Crippen LogP contribution >= 0.6 is 0 Å². The highest BCUT2D eigenvalue weighted by Gasteiger charge is 2.05. The molecular weight excluding hydrogens is 166 g/mol. The largest absolute Gasteiger partial charge is 0.505 e. The van der Waals surface area contributed by atoms with Crippen LogP contribution in [0.25, 0.3) is 10.8 Å². The van der Waals surface area contributed by atoms with E-state index in [1.165, 1.54) is 0 Å². The Morgan fingerprint density at radius 2 is 2.00 bits per heavy atom. The van der Waals surface area contributed by atoms with E-state index in [0.717, 1.165) is 10.8 Å². The summed E-state index contributed by atoms with van der Waals surface area (Å²) in [5, 5.41) is 20.1. The van der Waals surface area contributed by atoms with Gasteiger partial charge < -0.3 is 10.2 Å². The zero-order chi connectivity index (χ0) is 9.26. The monoisotopic (exact) mass is 175 g/mol. The van der Waals surface area contributed by atoms with Gasteiger partial charge in [-0.3, -0.25) is 4.98 Å². The Morgan fingerprint density at radius 3 is 2.77 bits per heavy atom. The standard InChI is InChI=1S/C10H9NO2/c12-6-9-10(13)8-4-2-1-3-7(8)5-11-9/h1-5,12-13H,6H2. The Kier molecular flexibility index (Phi) is 1.87. The molecule has 2 N–H and O–H groups in total. The first-order chi connectivity index (χ1) is 6.33. The minimum atomic E-state index is -0.239. The van der Waals surface area contributed by atoms with Crippen LogP contribution in [0.4, 0.5) is 0 Å². The van der Waals surface area contributed by atoms with Gasteiger partial charge in [0, 0.05) is 17.0 Å². The second-order valence-electron chi connectivity index (χ2n) is 2.80. The maximum absolute atomic E-state index is 9.63. The van der Waals surface area contributed by atoms with E-state index in [2.05, 4.69) is 4.98 Å². The molecule has 0 unspecified atom stereocenters. The van der Waals surface area contributed by atoms with Gasteiger partial charge >= 0.3 is 0 Å². The maximum atomic E-state index is 9.63. The highest BCUT2D eigenvalue weighted by Crippen LogP contribution is 2.26. The normalized spacial score (nSPS) is 10.5. The summed E-state index contributed by atoms with van der Waals surface area (Å²) in [4.78, 5) is 3.92. The van der Waals surface area contributed by atoms with Gasteiger partial charge in [-0.15, -0.1) is 0 Å². The number of nitrogens with zero attached hydrogens (tertiary/aromatic N) is 1. The fourth-order valence-corrected chi connectivity index (χ4v) is 1.31. The van der Waals surface area contributed by atoms with Gasteiger partial charge in [-0.1, -0.05) is 24.3 Å². The van der Waals surface area contributed by atoms with Crippen molar-refractivity contribution in [2.45, 2.75) is 6.61 Å². The Morgan fingerprint density at radius 1 is 1.23 bits per heavy atom. The molecule has 2 rings (SSSR count). The van der Waals surface area contributed by atoms with Crippen molar-refractivity contribution in [3.63, 3.8) is 0 Å². The molecule has 3 nitrogen and oxygen atoms in total. The molecule has 0 aliphatic carbocycles. The average molecular weight is 175 g/mol. The molecule has 0 aliphatic rings. The van der Waals surface area contributed by atoms with Crippen LogP contribution in [0.5, 0.6) is 5.75 Å². The van der Waals surface area contributed by atoms with E-state index in [1.54, 1.807) is 12.3 Å². The van der Waals surface area contributed by atoms with Gasteiger partial charge in [0.25, 0.3) is 0 Å². The molecule has 0 aliphatic heterocycles. The zero-order valence-electron chi connectivity index (χ0n) is 6.94. The third kappa shape index (κ3) is 1.23. The molecule has 0 radical (unpaired) electrons. The first-order valence-corrected chi connectivity index (χ1v) is 3.99. The number of aromatic hydroxyl groups is 1. The van der Waals surface area contributed by atoms with E-state index < -0.39 is 0 Å². The van der Waals surface area contributed by atoms with E-state index >= 15 is 0 Å². The molecule has 0 saturated heterocycles. The quantitative estimate of drug-likeness (QED) is 0.689. The second-order valence-corrected chi connectivity index (χ2v) is 2.80. The Labute approximate surface area is 75.3 Å². The van der Waals surface area contributed by atoms with Gasteiger partial charge in [-0.25, -0.2) is 0 Å². The SMILES string of the molecule is OCc1ncc2ccccc2c1O. The molecule has 1 aromatic heterocycles. The number of aromatic nitrogens is 1. The molecule has 1 heterocycles. The van der Waals surface area contributed by atoms with E-state index in [0.29, 0.717) is 5.69 Å². The van der Waals surface area contributed by atoms with Gasteiger partial charge in [0.15, 0.2) is 0 Å². The second kappa shape index (κ2) is 3.03. The predicted octanol–water partition coefficient (Wildman–Crippen LogP) is 1.43. The molecule has 1 aromatic carbocycles. The molecule has 0 atom stereocenters. The predicted molar refractivity (Wildman–Crippen MR) is 49.3 cm³/mol. The lowest BCUT2D eigenvalue weighted by Gasteiger charge is -2.03. The highest BCUT2D eigenvalue weighted by atomic mass is 16.3. The van der Waals surface area contributed by atoms with Crippen LogP contribution in [0.3, 0.4) is 0 Å². The third-order valence-corrected chi connectivity index (χ3v) is 2.00. The summed E-state index contributed by atoms with van der Waals surface area (Å²) >= 11 is 0. The summed E-state index contributed by atoms with van der Waals surface area (Å²) in [5.74, 6) is 0.0700. The van der Waals surface area contributed by atoms with E-state index in [4.69, 9.17) is 5.11 Å². The topological polar surface area (TPSA) is 53.4 Å². The van der Waals surface area contributed by atoms with Gasteiger partial charge in [0.05, 0.1) is 6.61 Å². The average Bonchev–Trinajstić information content (AvgIpc) is 2.19. The van der Waals surface area contributed by atoms with Crippen molar-refractivity contribution in [3.05, 3.63) is 36.2 Å². The Hall–Kier alpha value is -1.61. The Bertz CT molecular complexity index is 440. The van der Waals surface area contributed by atoms with Crippen LogP contribution < -0.4 is 0 Å². The lowest BCUT2D eigenvalue weighted by Crippen LogP contribution is -1.89. The summed E-state index contributed by atoms with van der Waals surface area (Å²) < 4.78 is 0. The van der Waals surface area contributed by atoms with Crippen LogP contribution in [-0.2, 0) is 6.61 Å². The van der Waals surface area contributed by atoms with Crippen LogP contribution in [0.2, 0.25) is 0 Å². The van der Waals surface area contributed by atoms with E-state index in [9.17, 15) is 5.11 Å². The number of benzene rings is 1. The fraction of sp³-hybridized carbons (Fsp3) is 0.100. The summed E-state index contributed by atoms with van der Waals surface area (Å²) in [6.45, 7) is -0.239. The summed E-state index contributed by atoms with van der Waals surface area (Å²) in [6.07, 6.45) is 1.64. The molecule has 3 heteroatoms. The number of hydrogen-bond donors (Lipinski definition) is 2.